The maximum atomic E-state index is 12.7. The van der Waals surface area contributed by atoms with Gasteiger partial charge >= 0.3 is 6.09 Å². The number of pyridine rings is 1. The van der Waals surface area contributed by atoms with E-state index in [9.17, 15) is 9.59 Å². The molecule has 0 aliphatic rings. The second-order valence-corrected chi connectivity index (χ2v) is 5.10. The number of aromatic amines is 1. The zero-order valence-electron chi connectivity index (χ0n) is 13.5. The second-order valence-electron chi connectivity index (χ2n) is 5.10. The number of aromatic nitrogens is 1. The summed E-state index contributed by atoms with van der Waals surface area (Å²) in [4.78, 5) is 27.5. The number of para-hydroxylation sites is 1. The number of hydrogen-bond acceptors (Lipinski definition) is 5. The second kappa shape index (κ2) is 7.39. The average molecular weight is 336 g/mol. The molecule has 2 N–H and O–H groups in total. The molecule has 0 unspecified atom stereocenters. The van der Waals surface area contributed by atoms with E-state index in [2.05, 4.69) is 20.5 Å². The number of amides is 1. The Balaban J connectivity index is 2.09. The summed E-state index contributed by atoms with van der Waals surface area (Å²) in [7, 11) is 0. The molecule has 0 aliphatic carbocycles. The number of carbonyl (C=O) groups excluding carboxylic acids is 1. The Morgan fingerprint density at radius 2 is 1.80 bits per heavy atom. The molecule has 0 saturated carbocycles. The van der Waals surface area contributed by atoms with Crippen molar-refractivity contribution in [1.82, 2.24) is 4.98 Å². The molecule has 0 saturated heterocycles. The van der Waals surface area contributed by atoms with Crippen molar-refractivity contribution < 1.29 is 9.53 Å². The molecule has 0 aliphatic heterocycles. The number of benzene rings is 2. The van der Waals surface area contributed by atoms with E-state index in [1.165, 1.54) is 0 Å². The van der Waals surface area contributed by atoms with Gasteiger partial charge in [-0.1, -0.05) is 30.3 Å². The molecule has 1 amide bonds. The van der Waals surface area contributed by atoms with Gasteiger partial charge in [0.1, 0.15) is 5.82 Å². The van der Waals surface area contributed by atoms with E-state index in [4.69, 9.17) is 4.74 Å². The molecule has 0 spiro atoms. The van der Waals surface area contributed by atoms with Crippen LogP contribution < -0.4 is 10.7 Å². The molecule has 0 bridgehead atoms. The first-order valence-corrected chi connectivity index (χ1v) is 7.74. The first-order chi connectivity index (χ1) is 12.2. The van der Waals surface area contributed by atoms with Gasteiger partial charge in [0.05, 0.1) is 17.8 Å². The lowest BCUT2D eigenvalue weighted by molar-refractivity contribution is 0.168. The van der Waals surface area contributed by atoms with Gasteiger partial charge in [-0.3, -0.25) is 10.1 Å². The van der Waals surface area contributed by atoms with Gasteiger partial charge in [0.25, 0.3) is 0 Å². The van der Waals surface area contributed by atoms with Crippen molar-refractivity contribution in [1.29, 1.82) is 0 Å². The fraction of sp³-hybridized carbons (Fsp3) is 0.111. The predicted molar refractivity (Wildman–Crippen MR) is 95.8 cm³/mol. The van der Waals surface area contributed by atoms with Gasteiger partial charge < -0.3 is 9.72 Å². The minimum atomic E-state index is -0.676. The van der Waals surface area contributed by atoms with Crippen molar-refractivity contribution in [2.45, 2.75) is 6.92 Å². The third kappa shape index (κ3) is 3.72. The highest BCUT2D eigenvalue weighted by Crippen LogP contribution is 2.24. The number of azo groups is 1. The summed E-state index contributed by atoms with van der Waals surface area (Å²) < 4.78 is 4.87. The van der Waals surface area contributed by atoms with Crippen LogP contribution in [-0.4, -0.2) is 17.7 Å². The lowest BCUT2D eigenvalue weighted by atomic mass is 10.2. The van der Waals surface area contributed by atoms with Crippen LogP contribution in [0.1, 0.15) is 6.92 Å². The van der Waals surface area contributed by atoms with Crippen molar-refractivity contribution in [3.8, 4) is 0 Å². The van der Waals surface area contributed by atoms with E-state index < -0.39 is 6.09 Å². The van der Waals surface area contributed by atoms with Crippen molar-refractivity contribution in [3.05, 3.63) is 64.8 Å². The Bertz CT molecular complexity index is 981. The molecule has 7 heteroatoms. The standard InChI is InChI=1S/C18H16N4O3/c1-2-25-18(24)20-17-15(22-21-12-8-4-3-5-9-12)16(23)13-10-6-7-11-14(13)19-17/h3-11H,2H2,1H3,(H2,19,20,23,24). The topological polar surface area (TPSA) is 95.9 Å². The molecule has 0 atom stereocenters. The SMILES string of the molecule is CCOC(=O)Nc1[nH]c2ccccc2c(=O)c1N=Nc1ccccc1. The van der Waals surface area contributed by atoms with Crippen LogP contribution in [-0.2, 0) is 4.74 Å². The number of ether oxygens (including phenoxy) is 1. The number of nitrogens with zero attached hydrogens (tertiary/aromatic N) is 2. The highest BCUT2D eigenvalue weighted by atomic mass is 16.5. The lowest BCUT2D eigenvalue weighted by Gasteiger charge is -2.09. The fourth-order valence-corrected chi connectivity index (χ4v) is 2.28. The number of H-pyrrole nitrogens is 1. The molecule has 0 radical (unpaired) electrons. The number of anilines is 1. The summed E-state index contributed by atoms with van der Waals surface area (Å²) in [6, 6.07) is 16.0. The van der Waals surface area contributed by atoms with Crippen LogP contribution in [0.4, 0.5) is 22.0 Å². The van der Waals surface area contributed by atoms with Crippen LogP contribution >= 0.6 is 0 Å². The zero-order valence-corrected chi connectivity index (χ0v) is 13.5. The van der Waals surface area contributed by atoms with Crippen LogP contribution in [0.15, 0.2) is 69.6 Å². The third-order valence-corrected chi connectivity index (χ3v) is 3.41. The number of fused-ring (bicyclic) bond motifs is 1. The minimum absolute atomic E-state index is 0.00982. The fourth-order valence-electron chi connectivity index (χ4n) is 2.28. The summed E-state index contributed by atoms with van der Waals surface area (Å²) in [5.74, 6) is 0.141. The molecule has 7 nitrogen and oxygen atoms in total. The molecular formula is C18H16N4O3. The molecule has 1 aromatic heterocycles. The number of rotatable bonds is 4. The molecule has 3 rings (SSSR count). The monoisotopic (exact) mass is 336 g/mol. The Hall–Kier alpha value is -3.48. The number of hydrogen-bond donors (Lipinski definition) is 2. The van der Waals surface area contributed by atoms with Crippen LogP contribution in [0.25, 0.3) is 10.9 Å². The molecule has 1 heterocycles. The maximum absolute atomic E-state index is 12.7. The van der Waals surface area contributed by atoms with E-state index in [0.717, 1.165) is 0 Å². The highest BCUT2D eigenvalue weighted by molar-refractivity contribution is 5.92. The zero-order chi connectivity index (χ0) is 17.6. The van der Waals surface area contributed by atoms with Crippen LogP contribution in [0, 0.1) is 0 Å². The molecule has 3 aromatic rings. The molecule has 2 aromatic carbocycles. The van der Waals surface area contributed by atoms with Gasteiger partial charge in [-0.2, -0.15) is 5.11 Å². The number of nitrogens with one attached hydrogen (secondary N) is 2. The van der Waals surface area contributed by atoms with Crippen molar-refractivity contribution in [2.75, 3.05) is 11.9 Å². The highest BCUT2D eigenvalue weighted by Gasteiger charge is 2.14. The van der Waals surface area contributed by atoms with Gasteiger partial charge in [0.15, 0.2) is 5.69 Å². The Labute approximate surface area is 143 Å². The van der Waals surface area contributed by atoms with Gasteiger partial charge in [-0.15, -0.1) is 5.11 Å². The quantitative estimate of drug-likeness (QED) is 0.686. The van der Waals surface area contributed by atoms with Crippen molar-refractivity contribution in [2.24, 2.45) is 10.2 Å². The average Bonchev–Trinajstić information content (AvgIpc) is 2.62. The molecule has 0 fully saturated rings. The summed E-state index contributed by atoms with van der Waals surface area (Å²) in [6.07, 6.45) is -0.676. The van der Waals surface area contributed by atoms with E-state index in [1.54, 1.807) is 43.3 Å². The van der Waals surface area contributed by atoms with Gasteiger partial charge in [-0.25, -0.2) is 4.79 Å². The maximum Gasteiger partial charge on any atom is 0.412 e. The Morgan fingerprint density at radius 1 is 1.08 bits per heavy atom. The lowest BCUT2D eigenvalue weighted by Crippen LogP contribution is -2.17. The first kappa shape index (κ1) is 16.4. The predicted octanol–water partition coefficient (Wildman–Crippen LogP) is 4.51. The molecular weight excluding hydrogens is 320 g/mol. The smallest absolute Gasteiger partial charge is 0.412 e. The van der Waals surface area contributed by atoms with Crippen LogP contribution in [0.3, 0.4) is 0 Å². The summed E-state index contributed by atoms with van der Waals surface area (Å²) >= 11 is 0. The normalized spacial score (nSPS) is 10.9. The van der Waals surface area contributed by atoms with E-state index in [1.807, 2.05) is 18.2 Å². The Kier molecular flexibility index (Phi) is 4.84. The van der Waals surface area contributed by atoms with Gasteiger partial charge in [0, 0.05) is 5.39 Å². The Morgan fingerprint density at radius 3 is 2.56 bits per heavy atom. The van der Waals surface area contributed by atoms with Gasteiger partial charge in [0.2, 0.25) is 5.43 Å². The summed E-state index contributed by atoms with van der Waals surface area (Å²) in [5.41, 5.74) is 0.853. The van der Waals surface area contributed by atoms with Crippen LogP contribution in [0.2, 0.25) is 0 Å². The largest absolute Gasteiger partial charge is 0.450 e. The third-order valence-electron chi connectivity index (χ3n) is 3.41. The van der Waals surface area contributed by atoms with E-state index in [-0.39, 0.29) is 23.5 Å². The summed E-state index contributed by atoms with van der Waals surface area (Å²) in [5, 5.41) is 11.1. The minimum Gasteiger partial charge on any atom is -0.450 e. The summed E-state index contributed by atoms with van der Waals surface area (Å²) in [6.45, 7) is 1.91. The van der Waals surface area contributed by atoms with E-state index in [0.29, 0.717) is 16.6 Å². The first-order valence-electron chi connectivity index (χ1n) is 7.74. The van der Waals surface area contributed by atoms with Crippen molar-refractivity contribution >= 4 is 34.2 Å². The molecule has 126 valence electrons. The van der Waals surface area contributed by atoms with Crippen LogP contribution in [0.5, 0.6) is 0 Å². The van der Waals surface area contributed by atoms with Gasteiger partial charge in [-0.05, 0) is 31.2 Å². The van der Waals surface area contributed by atoms with E-state index >= 15 is 0 Å². The van der Waals surface area contributed by atoms with Crippen molar-refractivity contribution in [3.63, 3.8) is 0 Å². The molecule has 25 heavy (non-hydrogen) atoms. The number of carbonyl (C=O) groups is 1.